The van der Waals surface area contributed by atoms with E-state index in [1.165, 1.54) is 6.08 Å². The van der Waals surface area contributed by atoms with Gasteiger partial charge < -0.3 is 15.1 Å². The van der Waals surface area contributed by atoms with Crippen molar-refractivity contribution in [2.75, 3.05) is 31.1 Å². The number of nitrogens with one attached hydrogen (secondary N) is 1. The van der Waals surface area contributed by atoms with Gasteiger partial charge in [-0.1, -0.05) is 19.6 Å². The van der Waals surface area contributed by atoms with Crippen LogP contribution >= 0.6 is 0 Å². The Balaban J connectivity index is 1.66. The van der Waals surface area contributed by atoms with Gasteiger partial charge in [0.25, 0.3) is 5.91 Å². The van der Waals surface area contributed by atoms with Gasteiger partial charge in [0.05, 0.1) is 0 Å². The van der Waals surface area contributed by atoms with E-state index in [-0.39, 0.29) is 23.6 Å². The summed E-state index contributed by atoms with van der Waals surface area (Å²) < 4.78 is 0. The van der Waals surface area contributed by atoms with E-state index < -0.39 is 0 Å². The Bertz CT molecular complexity index is 759. The monoisotopic (exact) mass is 369 g/mol. The highest BCUT2D eigenvalue weighted by Gasteiger charge is 2.25. The van der Waals surface area contributed by atoms with Crippen molar-refractivity contribution in [3.63, 3.8) is 0 Å². The molecule has 3 amide bonds. The van der Waals surface area contributed by atoms with E-state index in [0.29, 0.717) is 31.6 Å². The molecule has 1 saturated heterocycles. The maximum absolute atomic E-state index is 12.8. The molecular formula is C21H27N3O3. The summed E-state index contributed by atoms with van der Waals surface area (Å²) in [6, 6.07) is 5.51. The van der Waals surface area contributed by atoms with Gasteiger partial charge in [-0.2, -0.15) is 0 Å². The van der Waals surface area contributed by atoms with Crippen molar-refractivity contribution in [3.8, 4) is 0 Å². The second-order valence-corrected chi connectivity index (χ2v) is 7.36. The first-order valence-electron chi connectivity index (χ1n) is 9.63. The number of fused-ring (bicyclic) bond motifs is 1. The van der Waals surface area contributed by atoms with Crippen molar-refractivity contribution in [1.82, 2.24) is 10.2 Å². The van der Waals surface area contributed by atoms with Crippen LogP contribution in [0.1, 0.15) is 42.1 Å². The zero-order chi connectivity index (χ0) is 19.4. The van der Waals surface area contributed by atoms with E-state index in [2.05, 4.69) is 11.9 Å². The van der Waals surface area contributed by atoms with Crippen LogP contribution in [-0.4, -0.2) is 48.8 Å². The van der Waals surface area contributed by atoms with Gasteiger partial charge in [0, 0.05) is 43.9 Å². The van der Waals surface area contributed by atoms with E-state index >= 15 is 0 Å². The summed E-state index contributed by atoms with van der Waals surface area (Å²) >= 11 is 0. The summed E-state index contributed by atoms with van der Waals surface area (Å²) in [4.78, 5) is 40.1. The molecule has 0 aliphatic carbocycles. The average Bonchev–Trinajstić information content (AvgIpc) is 3.09. The van der Waals surface area contributed by atoms with Crippen molar-refractivity contribution in [2.45, 2.75) is 32.6 Å². The maximum Gasteiger partial charge on any atom is 0.251 e. The molecule has 0 aromatic heterocycles. The first-order valence-corrected chi connectivity index (χ1v) is 9.63. The van der Waals surface area contributed by atoms with Crippen molar-refractivity contribution in [3.05, 3.63) is 42.0 Å². The normalized spacial score (nSPS) is 17.4. The molecule has 0 bridgehead atoms. The lowest BCUT2D eigenvalue weighted by Gasteiger charge is -2.30. The third kappa shape index (κ3) is 4.21. The Hall–Kier alpha value is -2.63. The average molecular weight is 369 g/mol. The van der Waals surface area contributed by atoms with E-state index in [4.69, 9.17) is 0 Å². The number of hydrogen-bond acceptors (Lipinski definition) is 3. The van der Waals surface area contributed by atoms with Gasteiger partial charge in [-0.3, -0.25) is 14.4 Å². The highest BCUT2D eigenvalue weighted by Crippen LogP contribution is 2.30. The molecule has 1 aromatic rings. The van der Waals surface area contributed by atoms with Crippen LogP contribution in [-0.2, 0) is 16.0 Å². The van der Waals surface area contributed by atoms with E-state index in [1.54, 1.807) is 4.90 Å². The molecule has 0 spiro atoms. The van der Waals surface area contributed by atoms with Crippen LogP contribution < -0.4 is 10.2 Å². The Morgan fingerprint density at radius 3 is 2.74 bits per heavy atom. The van der Waals surface area contributed by atoms with Crippen molar-refractivity contribution in [1.29, 1.82) is 0 Å². The fraction of sp³-hybridized carbons (Fsp3) is 0.476. The lowest BCUT2D eigenvalue weighted by Crippen LogP contribution is -2.37. The fourth-order valence-corrected chi connectivity index (χ4v) is 3.88. The number of rotatable bonds is 6. The van der Waals surface area contributed by atoms with E-state index in [0.717, 1.165) is 37.1 Å². The van der Waals surface area contributed by atoms with Crippen LogP contribution in [0.5, 0.6) is 0 Å². The largest absolute Gasteiger partial charge is 0.352 e. The fourth-order valence-electron chi connectivity index (χ4n) is 3.88. The molecule has 0 radical (unpaired) electrons. The predicted molar refractivity (Wildman–Crippen MR) is 105 cm³/mol. The van der Waals surface area contributed by atoms with Gasteiger partial charge in [-0.05, 0) is 49.0 Å². The minimum absolute atomic E-state index is 0.126. The molecule has 1 aromatic carbocycles. The minimum atomic E-state index is -0.141. The van der Waals surface area contributed by atoms with Crippen LogP contribution in [0.25, 0.3) is 0 Å². The molecule has 2 aliphatic rings. The Kier molecular flexibility index (Phi) is 5.94. The smallest absolute Gasteiger partial charge is 0.251 e. The van der Waals surface area contributed by atoms with Crippen LogP contribution in [0.4, 0.5) is 5.69 Å². The first kappa shape index (κ1) is 19.1. The topological polar surface area (TPSA) is 69.7 Å². The Morgan fingerprint density at radius 1 is 1.26 bits per heavy atom. The van der Waals surface area contributed by atoms with Gasteiger partial charge in [-0.25, -0.2) is 0 Å². The molecule has 6 heteroatoms. The lowest BCUT2D eigenvalue weighted by atomic mass is 9.95. The van der Waals surface area contributed by atoms with Gasteiger partial charge in [0.15, 0.2) is 0 Å². The Labute approximate surface area is 160 Å². The van der Waals surface area contributed by atoms with Crippen LogP contribution in [0.3, 0.4) is 0 Å². The summed E-state index contributed by atoms with van der Waals surface area (Å²) in [5, 5.41) is 3.00. The molecule has 3 rings (SSSR count). The predicted octanol–water partition coefficient (Wildman–Crippen LogP) is 2.14. The number of carbonyl (C=O) groups is 3. The number of amides is 3. The molecule has 1 N–H and O–H groups in total. The van der Waals surface area contributed by atoms with E-state index in [1.807, 2.05) is 30.0 Å². The molecule has 6 nitrogen and oxygen atoms in total. The number of nitrogens with zero attached hydrogens (tertiary/aromatic N) is 2. The molecule has 1 atom stereocenters. The number of hydrogen-bond donors (Lipinski definition) is 1. The number of carbonyl (C=O) groups excluding carboxylic acids is 3. The third-order valence-electron chi connectivity index (χ3n) is 5.25. The second-order valence-electron chi connectivity index (χ2n) is 7.36. The second kappa shape index (κ2) is 8.37. The molecule has 144 valence electrons. The molecular weight excluding hydrogens is 342 g/mol. The Morgan fingerprint density at radius 2 is 2.04 bits per heavy atom. The molecule has 27 heavy (non-hydrogen) atoms. The minimum Gasteiger partial charge on any atom is -0.352 e. The summed E-state index contributed by atoms with van der Waals surface area (Å²) in [6.07, 6.45) is 4.47. The maximum atomic E-state index is 12.8. The van der Waals surface area contributed by atoms with Crippen molar-refractivity contribution >= 4 is 23.4 Å². The summed E-state index contributed by atoms with van der Waals surface area (Å²) in [7, 11) is 0. The molecule has 2 heterocycles. The van der Waals surface area contributed by atoms with Gasteiger partial charge in [0.2, 0.25) is 11.8 Å². The molecule has 1 fully saturated rings. The van der Waals surface area contributed by atoms with Crippen LogP contribution in [0.2, 0.25) is 0 Å². The van der Waals surface area contributed by atoms with Crippen molar-refractivity contribution < 1.29 is 14.4 Å². The van der Waals surface area contributed by atoms with E-state index in [9.17, 15) is 14.4 Å². The van der Waals surface area contributed by atoms with Gasteiger partial charge in [0.1, 0.15) is 0 Å². The van der Waals surface area contributed by atoms with Gasteiger partial charge >= 0.3 is 0 Å². The number of likely N-dealkylation sites (tertiary alicyclic amines) is 1. The highest BCUT2D eigenvalue weighted by molar-refractivity contribution is 6.04. The third-order valence-corrected chi connectivity index (χ3v) is 5.25. The first-order chi connectivity index (χ1) is 13.0. The summed E-state index contributed by atoms with van der Waals surface area (Å²) in [6.45, 7) is 8.25. The van der Waals surface area contributed by atoms with Crippen molar-refractivity contribution in [2.24, 2.45) is 5.92 Å². The molecule has 1 unspecified atom stereocenters. The number of anilines is 1. The van der Waals surface area contributed by atoms with Crippen LogP contribution in [0, 0.1) is 5.92 Å². The van der Waals surface area contributed by atoms with Gasteiger partial charge in [-0.15, -0.1) is 0 Å². The number of benzene rings is 1. The summed E-state index contributed by atoms with van der Waals surface area (Å²) in [5.41, 5.74) is 2.34. The molecule has 2 aliphatic heterocycles. The lowest BCUT2D eigenvalue weighted by molar-refractivity contribution is -0.128. The quantitative estimate of drug-likeness (QED) is 0.781. The zero-order valence-corrected chi connectivity index (χ0v) is 15.9. The SMILES string of the molecule is C=CC(=O)N1CCCc2c(C(=O)NCC(C)CN3CCCC3=O)cccc21. The highest BCUT2D eigenvalue weighted by atomic mass is 16.2. The van der Waals surface area contributed by atoms with Crippen LogP contribution in [0.15, 0.2) is 30.9 Å². The standard InChI is InChI=1S/C21H27N3O3/c1-3-19(25)24-12-5-8-16-17(7-4-9-18(16)24)21(27)22-13-15(2)14-23-11-6-10-20(23)26/h3-4,7,9,15H,1,5-6,8,10-14H2,2H3,(H,22,27). The molecule has 0 saturated carbocycles. The zero-order valence-electron chi connectivity index (χ0n) is 15.9. The summed E-state index contributed by atoms with van der Waals surface area (Å²) in [5.74, 6) is 0.128.